The van der Waals surface area contributed by atoms with Crippen LogP contribution in [0.4, 0.5) is 0 Å². The smallest absolute Gasteiger partial charge is 0.103 e. The van der Waals surface area contributed by atoms with Gasteiger partial charge in [0.05, 0.1) is 18.2 Å². The molecule has 0 aromatic carbocycles. The van der Waals surface area contributed by atoms with Crippen molar-refractivity contribution >= 4 is 23.1 Å². The van der Waals surface area contributed by atoms with Crippen molar-refractivity contribution in [3.8, 4) is 6.07 Å². The SMILES string of the molecule is CCCc1nc(CSC2CCCCC2)sc1CC#N. The fraction of sp³-hybridized carbons (Fsp3) is 0.733. The van der Waals surface area contributed by atoms with Crippen molar-refractivity contribution in [2.24, 2.45) is 0 Å². The highest BCUT2D eigenvalue weighted by Gasteiger charge is 2.16. The lowest BCUT2D eigenvalue weighted by atomic mass is 10.0. The van der Waals surface area contributed by atoms with Gasteiger partial charge in [0.15, 0.2) is 0 Å². The van der Waals surface area contributed by atoms with E-state index in [0.29, 0.717) is 6.42 Å². The second kappa shape index (κ2) is 7.91. The van der Waals surface area contributed by atoms with E-state index >= 15 is 0 Å². The number of aromatic nitrogens is 1. The number of rotatable bonds is 6. The molecule has 1 aromatic heterocycles. The molecule has 1 saturated carbocycles. The number of nitriles is 1. The van der Waals surface area contributed by atoms with Gasteiger partial charge < -0.3 is 0 Å². The predicted molar refractivity (Wildman–Crippen MR) is 83.6 cm³/mol. The number of thioether (sulfide) groups is 1. The molecule has 19 heavy (non-hydrogen) atoms. The Kier molecular flexibility index (Phi) is 6.19. The Bertz CT molecular complexity index is 428. The fourth-order valence-electron chi connectivity index (χ4n) is 2.56. The maximum atomic E-state index is 8.88. The molecule has 104 valence electrons. The van der Waals surface area contributed by atoms with E-state index < -0.39 is 0 Å². The van der Waals surface area contributed by atoms with Gasteiger partial charge in [-0.1, -0.05) is 32.6 Å². The van der Waals surface area contributed by atoms with Gasteiger partial charge in [0.1, 0.15) is 5.01 Å². The van der Waals surface area contributed by atoms with Crippen LogP contribution in [-0.2, 0) is 18.6 Å². The number of hydrogen-bond acceptors (Lipinski definition) is 4. The molecule has 0 aliphatic heterocycles. The molecule has 1 aliphatic rings. The second-order valence-corrected chi connectivity index (χ2v) is 7.59. The van der Waals surface area contributed by atoms with Crippen LogP contribution in [0.3, 0.4) is 0 Å². The first-order valence-electron chi connectivity index (χ1n) is 7.29. The molecule has 1 aromatic rings. The first kappa shape index (κ1) is 14.9. The first-order valence-corrected chi connectivity index (χ1v) is 9.16. The largest absolute Gasteiger partial charge is 0.245 e. The van der Waals surface area contributed by atoms with Gasteiger partial charge in [-0.3, -0.25) is 0 Å². The molecule has 0 amide bonds. The summed E-state index contributed by atoms with van der Waals surface area (Å²) in [5.74, 6) is 1.04. The molecule has 1 heterocycles. The van der Waals surface area contributed by atoms with Crippen LogP contribution >= 0.6 is 23.1 Å². The van der Waals surface area contributed by atoms with Crippen LogP contribution in [0.25, 0.3) is 0 Å². The summed E-state index contributed by atoms with van der Waals surface area (Å²) in [6, 6.07) is 2.27. The zero-order chi connectivity index (χ0) is 13.5. The third-order valence-corrected chi connectivity index (χ3v) is 6.21. The lowest BCUT2D eigenvalue weighted by molar-refractivity contribution is 0.516. The number of nitrogens with zero attached hydrogens (tertiary/aromatic N) is 2. The van der Waals surface area contributed by atoms with Gasteiger partial charge in [-0.15, -0.1) is 11.3 Å². The van der Waals surface area contributed by atoms with E-state index in [9.17, 15) is 0 Å². The van der Waals surface area contributed by atoms with Crippen molar-refractivity contribution in [2.75, 3.05) is 0 Å². The van der Waals surface area contributed by atoms with Crippen LogP contribution in [0.15, 0.2) is 0 Å². The van der Waals surface area contributed by atoms with Crippen molar-refractivity contribution in [1.82, 2.24) is 4.98 Å². The maximum absolute atomic E-state index is 8.88. The third kappa shape index (κ3) is 4.50. The number of thiazole rings is 1. The molecule has 2 rings (SSSR count). The number of hydrogen-bond donors (Lipinski definition) is 0. The van der Waals surface area contributed by atoms with Crippen LogP contribution in [0.2, 0.25) is 0 Å². The van der Waals surface area contributed by atoms with Crippen molar-refractivity contribution < 1.29 is 0 Å². The van der Waals surface area contributed by atoms with E-state index in [-0.39, 0.29) is 0 Å². The van der Waals surface area contributed by atoms with Gasteiger partial charge in [0.2, 0.25) is 0 Å². The van der Waals surface area contributed by atoms with E-state index in [0.717, 1.165) is 23.8 Å². The Hall–Kier alpha value is -0.530. The van der Waals surface area contributed by atoms with Crippen molar-refractivity contribution in [3.63, 3.8) is 0 Å². The minimum absolute atomic E-state index is 0.529. The quantitative estimate of drug-likeness (QED) is 0.761. The van der Waals surface area contributed by atoms with E-state index in [1.807, 2.05) is 0 Å². The maximum Gasteiger partial charge on any atom is 0.103 e. The highest BCUT2D eigenvalue weighted by Crippen LogP contribution is 2.32. The first-order chi connectivity index (χ1) is 9.33. The second-order valence-electron chi connectivity index (χ2n) is 5.13. The molecule has 4 heteroatoms. The van der Waals surface area contributed by atoms with Gasteiger partial charge in [0.25, 0.3) is 0 Å². The summed E-state index contributed by atoms with van der Waals surface area (Å²) in [5, 5.41) is 10.9. The minimum Gasteiger partial charge on any atom is -0.245 e. The van der Waals surface area contributed by atoms with Gasteiger partial charge >= 0.3 is 0 Å². The van der Waals surface area contributed by atoms with Crippen LogP contribution in [0, 0.1) is 11.3 Å². The molecular weight excluding hydrogens is 272 g/mol. The van der Waals surface area contributed by atoms with Crippen LogP contribution in [-0.4, -0.2) is 10.2 Å². The molecule has 0 atom stereocenters. The Morgan fingerprint density at radius 2 is 2.16 bits per heavy atom. The summed E-state index contributed by atoms with van der Waals surface area (Å²) < 4.78 is 0. The monoisotopic (exact) mass is 294 g/mol. The molecule has 0 N–H and O–H groups in total. The molecule has 0 spiro atoms. The van der Waals surface area contributed by atoms with Crippen molar-refractivity contribution in [1.29, 1.82) is 5.26 Å². The topological polar surface area (TPSA) is 36.7 Å². The molecule has 0 radical (unpaired) electrons. The average molecular weight is 294 g/mol. The molecule has 0 bridgehead atoms. The summed E-state index contributed by atoms with van der Waals surface area (Å²) in [4.78, 5) is 5.95. The van der Waals surface area contributed by atoms with E-state index in [1.165, 1.54) is 47.7 Å². The molecule has 1 fully saturated rings. The molecular formula is C15H22N2S2. The fourth-order valence-corrected chi connectivity index (χ4v) is 4.95. The van der Waals surface area contributed by atoms with Crippen molar-refractivity contribution in [2.45, 2.75) is 69.3 Å². The van der Waals surface area contributed by atoms with Gasteiger partial charge in [-0.25, -0.2) is 4.98 Å². The molecule has 2 nitrogen and oxygen atoms in total. The lowest BCUT2D eigenvalue weighted by Gasteiger charge is -2.20. The molecule has 1 aliphatic carbocycles. The van der Waals surface area contributed by atoms with Gasteiger partial charge in [-0.05, 0) is 19.3 Å². The van der Waals surface area contributed by atoms with Crippen LogP contribution in [0.5, 0.6) is 0 Å². The average Bonchev–Trinajstić information content (AvgIpc) is 2.81. The van der Waals surface area contributed by atoms with Gasteiger partial charge in [-0.2, -0.15) is 17.0 Å². The summed E-state index contributed by atoms with van der Waals surface area (Å²) in [7, 11) is 0. The highest BCUT2D eigenvalue weighted by molar-refractivity contribution is 7.99. The molecule has 0 unspecified atom stereocenters. The zero-order valence-corrected chi connectivity index (χ0v) is 13.3. The van der Waals surface area contributed by atoms with E-state index in [1.54, 1.807) is 11.3 Å². The summed E-state index contributed by atoms with van der Waals surface area (Å²) in [6.45, 7) is 2.17. The highest BCUT2D eigenvalue weighted by atomic mass is 32.2. The van der Waals surface area contributed by atoms with Gasteiger partial charge in [0, 0.05) is 15.9 Å². The summed E-state index contributed by atoms with van der Waals surface area (Å²) in [6.07, 6.45) is 9.62. The standard InChI is InChI=1S/C15H22N2S2/c1-2-6-13-14(9-10-16)19-15(17-13)11-18-12-7-4-3-5-8-12/h12H,2-9,11H2,1H3. The van der Waals surface area contributed by atoms with Crippen molar-refractivity contribution in [3.05, 3.63) is 15.6 Å². The molecule has 0 saturated heterocycles. The minimum atomic E-state index is 0.529. The zero-order valence-electron chi connectivity index (χ0n) is 11.7. The Labute approximate surface area is 124 Å². The van der Waals surface area contributed by atoms with Crippen LogP contribution < -0.4 is 0 Å². The van der Waals surface area contributed by atoms with Crippen LogP contribution in [0.1, 0.15) is 61.0 Å². The Morgan fingerprint density at radius 1 is 1.37 bits per heavy atom. The third-order valence-electron chi connectivity index (χ3n) is 3.54. The number of aryl methyl sites for hydroxylation is 1. The normalized spacial score (nSPS) is 16.4. The predicted octanol–water partition coefficient (Wildman–Crippen LogP) is 4.73. The Morgan fingerprint density at radius 3 is 2.84 bits per heavy atom. The van der Waals surface area contributed by atoms with E-state index in [2.05, 4.69) is 24.8 Å². The Balaban J connectivity index is 1.92. The van der Waals surface area contributed by atoms with E-state index in [4.69, 9.17) is 10.2 Å². The lowest BCUT2D eigenvalue weighted by Crippen LogP contribution is -2.08. The summed E-state index contributed by atoms with van der Waals surface area (Å²) >= 11 is 3.83. The summed E-state index contributed by atoms with van der Waals surface area (Å²) in [5.41, 5.74) is 1.17.